The molecule has 7 aromatic carbocycles. The van der Waals surface area contributed by atoms with Gasteiger partial charge in [-0.05, 0) is 124 Å². The standard InChI is InChI=1S/C52H36N2S/c1-2-15-41(16-3-1)53-47-20-7-5-13-36(47)26-29-44-43(19-11-22-50(44)53)39-27-30-49-40(32-39)25-24-35-12-4-8-21-48(35)54(49)42-17-10-14-37(33-42)38-28-31-52-46(34-38)45-18-6-9-23-51(45)55-52/h1-8,10-22,24-34H,9,23H2. The third-order valence-electron chi connectivity index (χ3n) is 11.2. The molecular weight excluding hydrogens is 685 g/mol. The maximum atomic E-state index is 2.44. The number of para-hydroxylation sites is 3. The van der Waals surface area contributed by atoms with Gasteiger partial charge in [-0.1, -0.05) is 127 Å². The van der Waals surface area contributed by atoms with Gasteiger partial charge >= 0.3 is 0 Å². The normalized spacial score (nSPS) is 13.7. The molecule has 3 heteroatoms. The Balaban J connectivity index is 1.03. The highest BCUT2D eigenvalue weighted by Crippen LogP contribution is 2.48. The van der Waals surface area contributed by atoms with Gasteiger partial charge in [0.15, 0.2) is 0 Å². The fourth-order valence-electron chi connectivity index (χ4n) is 8.60. The number of benzene rings is 7. The first-order valence-corrected chi connectivity index (χ1v) is 19.9. The zero-order valence-electron chi connectivity index (χ0n) is 30.2. The highest BCUT2D eigenvalue weighted by Gasteiger charge is 2.24. The third kappa shape index (κ3) is 5.39. The van der Waals surface area contributed by atoms with Crippen molar-refractivity contribution in [2.45, 2.75) is 12.8 Å². The zero-order valence-corrected chi connectivity index (χ0v) is 31.0. The molecule has 1 aromatic heterocycles. The van der Waals surface area contributed by atoms with Crippen LogP contribution in [0.25, 0.3) is 62.7 Å². The van der Waals surface area contributed by atoms with Crippen LogP contribution >= 0.6 is 11.3 Å². The van der Waals surface area contributed by atoms with Crippen LogP contribution < -0.4 is 9.80 Å². The monoisotopic (exact) mass is 720 g/mol. The molecule has 2 nitrogen and oxygen atoms in total. The Labute approximate surface area is 325 Å². The maximum Gasteiger partial charge on any atom is 0.0540 e. The van der Waals surface area contributed by atoms with E-state index in [0.29, 0.717) is 0 Å². The second kappa shape index (κ2) is 13.0. The van der Waals surface area contributed by atoms with Crippen LogP contribution in [0, 0.1) is 0 Å². The molecule has 0 N–H and O–H groups in total. The Hall–Kier alpha value is -6.68. The van der Waals surface area contributed by atoms with Gasteiger partial charge < -0.3 is 9.80 Å². The Morgan fingerprint density at radius 2 is 1.07 bits per heavy atom. The van der Waals surface area contributed by atoms with Gasteiger partial charge in [0.25, 0.3) is 0 Å². The van der Waals surface area contributed by atoms with Crippen LogP contribution in [0.2, 0.25) is 0 Å². The Kier molecular flexibility index (Phi) is 7.53. The summed E-state index contributed by atoms with van der Waals surface area (Å²) in [5.74, 6) is 0. The molecule has 1 aliphatic carbocycles. The number of thiophene rings is 1. The van der Waals surface area contributed by atoms with E-state index in [2.05, 4.69) is 204 Å². The quantitative estimate of drug-likeness (QED) is 0.179. The highest BCUT2D eigenvalue weighted by molar-refractivity contribution is 7.19. The van der Waals surface area contributed by atoms with Crippen molar-refractivity contribution in [1.29, 1.82) is 0 Å². The third-order valence-corrected chi connectivity index (χ3v) is 12.5. The lowest BCUT2D eigenvalue weighted by molar-refractivity contribution is 1.02. The van der Waals surface area contributed by atoms with Crippen LogP contribution in [0.4, 0.5) is 34.1 Å². The van der Waals surface area contributed by atoms with E-state index in [1.165, 1.54) is 82.1 Å². The summed E-state index contributed by atoms with van der Waals surface area (Å²) >= 11 is 1.95. The van der Waals surface area contributed by atoms with Crippen molar-refractivity contribution in [2.24, 2.45) is 0 Å². The smallest absolute Gasteiger partial charge is 0.0540 e. The lowest BCUT2D eigenvalue weighted by Gasteiger charge is -2.29. The molecule has 0 radical (unpaired) electrons. The molecule has 0 atom stereocenters. The number of nitrogens with zero attached hydrogens (tertiary/aromatic N) is 2. The number of rotatable bonds is 4. The van der Waals surface area contributed by atoms with Gasteiger partial charge in [0, 0.05) is 31.9 Å². The fourth-order valence-corrected chi connectivity index (χ4v) is 9.79. The van der Waals surface area contributed by atoms with Gasteiger partial charge in [0.2, 0.25) is 0 Å². The number of hydrogen-bond donors (Lipinski definition) is 0. The Bertz CT molecular complexity index is 2890. The summed E-state index contributed by atoms with van der Waals surface area (Å²) in [7, 11) is 0. The van der Waals surface area contributed by atoms with Crippen molar-refractivity contribution in [2.75, 3.05) is 9.80 Å². The molecule has 0 saturated heterocycles. The molecule has 0 bridgehead atoms. The average Bonchev–Trinajstić information content (AvgIpc) is 3.41. The van der Waals surface area contributed by atoms with E-state index in [0.717, 1.165) is 29.9 Å². The molecule has 0 saturated carbocycles. The van der Waals surface area contributed by atoms with E-state index in [4.69, 9.17) is 0 Å². The molecule has 3 heterocycles. The number of fused-ring (bicyclic) bond motifs is 7. The molecule has 0 unspecified atom stereocenters. The summed E-state index contributed by atoms with van der Waals surface area (Å²) in [5, 5.41) is 1.37. The molecule has 0 fully saturated rings. The zero-order chi connectivity index (χ0) is 36.3. The molecule has 3 aliphatic rings. The van der Waals surface area contributed by atoms with Crippen LogP contribution in [0.15, 0.2) is 164 Å². The molecule has 0 spiro atoms. The Morgan fingerprint density at radius 1 is 0.418 bits per heavy atom. The first kappa shape index (κ1) is 31.8. The van der Waals surface area contributed by atoms with Crippen molar-refractivity contribution in [3.05, 3.63) is 196 Å². The molecule has 11 rings (SSSR count). The molecule has 0 amide bonds. The predicted octanol–water partition coefficient (Wildman–Crippen LogP) is 15.1. The van der Waals surface area contributed by atoms with Crippen molar-refractivity contribution in [3.8, 4) is 22.3 Å². The second-order valence-electron chi connectivity index (χ2n) is 14.4. The van der Waals surface area contributed by atoms with Gasteiger partial charge in [-0.3, -0.25) is 0 Å². The summed E-state index contributed by atoms with van der Waals surface area (Å²) in [4.78, 5) is 6.34. The summed E-state index contributed by atoms with van der Waals surface area (Å²) in [6.45, 7) is 0. The fraction of sp³-hybridized carbons (Fsp3) is 0.0385. The van der Waals surface area contributed by atoms with Gasteiger partial charge in [0.1, 0.15) is 0 Å². The van der Waals surface area contributed by atoms with E-state index in [-0.39, 0.29) is 0 Å². The van der Waals surface area contributed by atoms with E-state index in [1.54, 1.807) is 0 Å². The molecule has 2 aliphatic heterocycles. The van der Waals surface area contributed by atoms with Crippen molar-refractivity contribution in [1.82, 2.24) is 0 Å². The minimum Gasteiger partial charge on any atom is -0.309 e. The van der Waals surface area contributed by atoms with Gasteiger partial charge in [-0.15, -0.1) is 11.3 Å². The van der Waals surface area contributed by atoms with Crippen LogP contribution in [0.3, 0.4) is 0 Å². The van der Waals surface area contributed by atoms with E-state index >= 15 is 0 Å². The number of aryl methyl sites for hydroxylation is 1. The first-order valence-electron chi connectivity index (χ1n) is 19.1. The van der Waals surface area contributed by atoms with Gasteiger partial charge in [-0.2, -0.15) is 0 Å². The second-order valence-corrected chi connectivity index (χ2v) is 15.6. The Morgan fingerprint density at radius 3 is 1.93 bits per heavy atom. The first-order chi connectivity index (χ1) is 27.3. The van der Waals surface area contributed by atoms with Crippen LogP contribution in [0.5, 0.6) is 0 Å². The summed E-state index contributed by atoms with van der Waals surface area (Å²) < 4.78 is 1.37. The summed E-state index contributed by atoms with van der Waals surface area (Å²) in [6.07, 6.45) is 16.0. The van der Waals surface area contributed by atoms with Crippen molar-refractivity contribution >= 4 is 85.9 Å². The van der Waals surface area contributed by atoms with E-state index < -0.39 is 0 Å². The lowest BCUT2D eigenvalue weighted by Crippen LogP contribution is -2.12. The summed E-state index contributed by atoms with van der Waals surface area (Å²) in [5.41, 5.74) is 18.0. The number of allylic oxidation sites excluding steroid dienone is 1. The lowest BCUT2D eigenvalue weighted by atomic mass is 9.95. The van der Waals surface area contributed by atoms with Crippen LogP contribution in [-0.2, 0) is 6.42 Å². The molecular formula is C52H36N2S. The van der Waals surface area contributed by atoms with Crippen LogP contribution in [-0.4, -0.2) is 0 Å². The number of hydrogen-bond acceptors (Lipinski definition) is 3. The SMILES string of the molecule is C1=Cc2c(sc3ccc(-c4cccc(N5c6ccccc6C=Cc6cc(-c7cccc8c7C=Cc7ccccc7N8c7ccccc7)ccc65)c4)cc23)CC1. The highest BCUT2D eigenvalue weighted by atomic mass is 32.1. The molecule has 8 aromatic rings. The average molecular weight is 721 g/mol. The molecule has 55 heavy (non-hydrogen) atoms. The van der Waals surface area contributed by atoms with Gasteiger partial charge in [0.05, 0.1) is 22.7 Å². The van der Waals surface area contributed by atoms with Crippen molar-refractivity contribution in [3.63, 3.8) is 0 Å². The van der Waals surface area contributed by atoms with E-state index in [9.17, 15) is 0 Å². The van der Waals surface area contributed by atoms with Crippen LogP contribution in [0.1, 0.15) is 39.1 Å². The number of anilines is 6. The largest absolute Gasteiger partial charge is 0.309 e. The predicted molar refractivity (Wildman–Crippen MR) is 237 cm³/mol. The minimum atomic E-state index is 1.14. The van der Waals surface area contributed by atoms with Gasteiger partial charge in [-0.25, -0.2) is 0 Å². The minimum absolute atomic E-state index is 1.14. The topological polar surface area (TPSA) is 6.48 Å². The maximum absolute atomic E-state index is 2.44. The van der Waals surface area contributed by atoms with Crippen molar-refractivity contribution < 1.29 is 0 Å². The van der Waals surface area contributed by atoms with E-state index in [1.807, 2.05) is 11.3 Å². The summed E-state index contributed by atoms with van der Waals surface area (Å²) in [6, 6.07) is 57.8. The molecule has 260 valence electrons.